The van der Waals surface area contributed by atoms with E-state index in [0.29, 0.717) is 18.6 Å². The number of nitrogens with one attached hydrogen (secondary N) is 1. The average Bonchev–Trinajstić information content (AvgIpc) is 2.33. The van der Waals surface area contributed by atoms with Crippen molar-refractivity contribution < 1.29 is 4.74 Å². The van der Waals surface area contributed by atoms with E-state index in [1.54, 1.807) is 0 Å². The quantitative estimate of drug-likeness (QED) is 0.783. The first kappa shape index (κ1) is 16.0. The summed E-state index contributed by atoms with van der Waals surface area (Å²) in [6, 6.07) is 8.96. The molecule has 0 spiro atoms. The van der Waals surface area contributed by atoms with Crippen LogP contribution in [0.4, 0.5) is 0 Å². The van der Waals surface area contributed by atoms with E-state index < -0.39 is 0 Å². The van der Waals surface area contributed by atoms with Gasteiger partial charge < -0.3 is 10.1 Å². The summed E-state index contributed by atoms with van der Waals surface area (Å²) in [6.45, 7) is 14.9. The molecule has 0 saturated carbocycles. The molecule has 0 bridgehead atoms. The minimum absolute atomic E-state index is 0.201. The van der Waals surface area contributed by atoms with Gasteiger partial charge in [-0.05, 0) is 36.0 Å². The molecule has 1 aromatic carbocycles. The van der Waals surface area contributed by atoms with Crippen molar-refractivity contribution in [2.45, 2.75) is 53.0 Å². The molecule has 0 aliphatic rings. The van der Waals surface area contributed by atoms with Gasteiger partial charge in [-0.15, -0.1) is 0 Å². The van der Waals surface area contributed by atoms with Crippen LogP contribution in [0.3, 0.4) is 0 Å². The maximum Gasteiger partial charge on any atom is 0.119 e. The lowest BCUT2D eigenvalue weighted by Crippen LogP contribution is -2.33. The Morgan fingerprint density at radius 1 is 1.05 bits per heavy atom. The van der Waals surface area contributed by atoms with Crippen LogP contribution in [0.5, 0.6) is 5.75 Å². The second kappa shape index (κ2) is 6.95. The number of benzene rings is 1. The van der Waals surface area contributed by atoms with Crippen LogP contribution < -0.4 is 10.1 Å². The molecular weight excluding hydrogens is 234 g/mol. The van der Waals surface area contributed by atoms with E-state index >= 15 is 0 Å². The van der Waals surface area contributed by atoms with Crippen LogP contribution in [-0.2, 0) is 5.41 Å². The third-order valence-corrected chi connectivity index (χ3v) is 3.56. The molecule has 0 amide bonds. The van der Waals surface area contributed by atoms with E-state index in [-0.39, 0.29) is 5.41 Å². The fraction of sp³-hybridized carbons (Fsp3) is 0.647. The van der Waals surface area contributed by atoms with E-state index in [0.717, 1.165) is 12.3 Å². The Bertz CT molecular complexity index is 362. The standard InChI is InChI=1S/C17H29NO/c1-13(2)14(3)18-11-12-19-16-9-7-15(8-10-16)17(4,5)6/h7-10,13-14,18H,11-12H2,1-6H3. The van der Waals surface area contributed by atoms with Crippen molar-refractivity contribution in [2.75, 3.05) is 13.2 Å². The van der Waals surface area contributed by atoms with Gasteiger partial charge in [-0.1, -0.05) is 46.8 Å². The smallest absolute Gasteiger partial charge is 0.119 e. The zero-order chi connectivity index (χ0) is 14.5. The number of rotatable bonds is 6. The van der Waals surface area contributed by atoms with Gasteiger partial charge in [0.1, 0.15) is 12.4 Å². The number of hydrogen-bond acceptors (Lipinski definition) is 2. The number of hydrogen-bond donors (Lipinski definition) is 1. The average molecular weight is 263 g/mol. The molecule has 1 unspecified atom stereocenters. The summed E-state index contributed by atoms with van der Waals surface area (Å²) >= 11 is 0. The van der Waals surface area contributed by atoms with E-state index in [2.05, 4.69) is 71.1 Å². The molecular formula is C17H29NO. The van der Waals surface area contributed by atoms with Crippen LogP contribution in [0, 0.1) is 5.92 Å². The van der Waals surface area contributed by atoms with E-state index in [4.69, 9.17) is 4.74 Å². The Hall–Kier alpha value is -1.02. The summed E-state index contributed by atoms with van der Waals surface area (Å²) in [7, 11) is 0. The van der Waals surface area contributed by atoms with Crippen molar-refractivity contribution in [2.24, 2.45) is 5.92 Å². The van der Waals surface area contributed by atoms with Crippen molar-refractivity contribution in [3.05, 3.63) is 29.8 Å². The fourth-order valence-corrected chi connectivity index (χ4v) is 1.74. The lowest BCUT2D eigenvalue weighted by atomic mass is 9.87. The molecule has 1 aromatic rings. The first-order valence-electron chi connectivity index (χ1n) is 7.27. The van der Waals surface area contributed by atoms with Gasteiger partial charge in [0.25, 0.3) is 0 Å². The molecule has 0 radical (unpaired) electrons. The van der Waals surface area contributed by atoms with Crippen molar-refractivity contribution in [3.63, 3.8) is 0 Å². The van der Waals surface area contributed by atoms with Gasteiger partial charge in [0.05, 0.1) is 0 Å². The molecule has 2 heteroatoms. The number of ether oxygens (including phenoxy) is 1. The molecule has 0 saturated heterocycles. The Morgan fingerprint density at radius 2 is 1.63 bits per heavy atom. The molecule has 0 aromatic heterocycles. The maximum atomic E-state index is 5.74. The zero-order valence-corrected chi connectivity index (χ0v) is 13.3. The normalized spacial score (nSPS) is 13.6. The van der Waals surface area contributed by atoms with E-state index in [1.165, 1.54) is 5.56 Å². The summed E-state index contributed by atoms with van der Waals surface area (Å²) in [5.41, 5.74) is 1.54. The lowest BCUT2D eigenvalue weighted by Gasteiger charge is -2.19. The first-order chi connectivity index (χ1) is 8.80. The van der Waals surface area contributed by atoms with E-state index in [1.807, 2.05) is 0 Å². The summed E-state index contributed by atoms with van der Waals surface area (Å²) in [5.74, 6) is 1.61. The van der Waals surface area contributed by atoms with Gasteiger partial charge in [0.2, 0.25) is 0 Å². The van der Waals surface area contributed by atoms with Crippen LogP contribution in [0.1, 0.15) is 47.1 Å². The molecule has 0 heterocycles. The van der Waals surface area contributed by atoms with Gasteiger partial charge in [-0.25, -0.2) is 0 Å². The highest BCUT2D eigenvalue weighted by atomic mass is 16.5. The van der Waals surface area contributed by atoms with Crippen LogP contribution in [-0.4, -0.2) is 19.2 Å². The second-order valence-electron chi connectivity index (χ2n) is 6.61. The lowest BCUT2D eigenvalue weighted by molar-refractivity contribution is 0.296. The highest BCUT2D eigenvalue weighted by Gasteiger charge is 2.12. The van der Waals surface area contributed by atoms with Crippen molar-refractivity contribution in [3.8, 4) is 5.75 Å². The van der Waals surface area contributed by atoms with Crippen LogP contribution >= 0.6 is 0 Å². The van der Waals surface area contributed by atoms with Gasteiger partial charge in [0.15, 0.2) is 0 Å². The summed E-state index contributed by atoms with van der Waals surface area (Å²) < 4.78 is 5.74. The predicted molar refractivity (Wildman–Crippen MR) is 82.9 cm³/mol. The predicted octanol–water partition coefficient (Wildman–Crippen LogP) is 4.00. The molecule has 19 heavy (non-hydrogen) atoms. The second-order valence-corrected chi connectivity index (χ2v) is 6.61. The van der Waals surface area contributed by atoms with Crippen molar-refractivity contribution in [1.82, 2.24) is 5.32 Å². The summed E-state index contributed by atoms with van der Waals surface area (Å²) in [6.07, 6.45) is 0. The zero-order valence-electron chi connectivity index (χ0n) is 13.3. The Kier molecular flexibility index (Phi) is 5.86. The van der Waals surface area contributed by atoms with Gasteiger partial charge in [0, 0.05) is 12.6 Å². The van der Waals surface area contributed by atoms with E-state index in [9.17, 15) is 0 Å². The molecule has 108 valence electrons. The fourth-order valence-electron chi connectivity index (χ4n) is 1.74. The molecule has 1 atom stereocenters. The topological polar surface area (TPSA) is 21.3 Å². The third-order valence-electron chi connectivity index (χ3n) is 3.56. The minimum Gasteiger partial charge on any atom is -0.492 e. The summed E-state index contributed by atoms with van der Waals surface area (Å²) in [5, 5.41) is 3.46. The van der Waals surface area contributed by atoms with Gasteiger partial charge >= 0.3 is 0 Å². The maximum absolute atomic E-state index is 5.74. The van der Waals surface area contributed by atoms with Gasteiger partial charge in [-0.2, -0.15) is 0 Å². The van der Waals surface area contributed by atoms with Crippen molar-refractivity contribution >= 4 is 0 Å². The minimum atomic E-state index is 0.201. The SMILES string of the molecule is CC(C)C(C)NCCOc1ccc(C(C)(C)C)cc1. The highest BCUT2D eigenvalue weighted by molar-refractivity contribution is 5.31. The summed E-state index contributed by atoms with van der Waals surface area (Å²) in [4.78, 5) is 0. The highest BCUT2D eigenvalue weighted by Crippen LogP contribution is 2.24. The van der Waals surface area contributed by atoms with Gasteiger partial charge in [-0.3, -0.25) is 0 Å². The monoisotopic (exact) mass is 263 g/mol. The van der Waals surface area contributed by atoms with Crippen LogP contribution in [0.2, 0.25) is 0 Å². The molecule has 1 N–H and O–H groups in total. The molecule has 2 nitrogen and oxygen atoms in total. The molecule has 0 aliphatic carbocycles. The van der Waals surface area contributed by atoms with Crippen molar-refractivity contribution in [1.29, 1.82) is 0 Å². The third kappa shape index (κ3) is 5.65. The molecule has 0 aliphatic heterocycles. The largest absolute Gasteiger partial charge is 0.492 e. The first-order valence-corrected chi connectivity index (χ1v) is 7.27. The molecule has 0 fully saturated rings. The Morgan fingerprint density at radius 3 is 2.11 bits per heavy atom. The van der Waals surface area contributed by atoms with Crippen LogP contribution in [0.15, 0.2) is 24.3 Å². The van der Waals surface area contributed by atoms with Crippen LogP contribution in [0.25, 0.3) is 0 Å². The Labute approximate surface area is 118 Å². The Balaban J connectivity index is 2.35. The molecule has 1 rings (SSSR count).